The number of benzene rings is 4. The van der Waals surface area contributed by atoms with Crippen molar-refractivity contribution in [2.45, 2.75) is 50.9 Å². The van der Waals surface area contributed by atoms with Gasteiger partial charge in [-0.3, -0.25) is 9.59 Å². The van der Waals surface area contributed by atoms with Gasteiger partial charge in [-0.25, -0.2) is 0 Å². The van der Waals surface area contributed by atoms with Crippen LogP contribution in [-0.4, -0.2) is 43.9 Å². The Morgan fingerprint density at radius 1 is 0.936 bits per heavy atom. The average molecular weight is 635 g/mol. The van der Waals surface area contributed by atoms with E-state index in [2.05, 4.69) is 38.2 Å². The molecule has 4 aromatic rings. The van der Waals surface area contributed by atoms with Crippen LogP contribution in [0.25, 0.3) is 0 Å². The second-order valence-electron chi connectivity index (χ2n) is 13.0. The minimum atomic E-state index is -1.32. The molecule has 4 atom stereocenters. The van der Waals surface area contributed by atoms with Crippen molar-refractivity contribution in [2.75, 3.05) is 31.0 Å². The van der Waals surface area contributed by atoms with Crippen LogP contribution < -0.4 is 19.7 Å². The van der Waals surface area contributed by atoms with Crippen molar-refractivity contribution in [3.05, 3.63) is 119 Å². The maximum Gasteiger partial charge on any atom is 0.264 e. The van der Waals surface area contributed by atoms with Crippen LogP contribution in [-0.2, 0) is 27.1 Å². The van der Waals surface area contributed by atoms with Gasteiger partial charge in [0, 0.05) is 35.3 Å². The Hall–Kier alpha value is -4.66. The van der Waals surface area contributed by atoms with Gasteiger partial charge in [-0.2, -0.15) is 0 Å². The van der Waals surface area contributed by atoms with Gasteiger partial charge in [0.25, 0.3) is 11.8 Å². The number of anilines is 2. The van der Waals surface area contributed by atoms with E-state index in [1.807, 2.05) is 60.7 Å². The highest BCUT2D eigenvalue weighted by Gasteiger charge is 2.65. The van der Waals surface area contributed by atoms with Gasteiger partial charge < -0.3 is 29.5 Å². The zero-order valence-electron chi connectivity index (χ0n) is 27.5. The van der Waals surface area contributed by atoms with E-state index in [0.717, 1.165) is 28.1 Å². The number of carbonyl (C=O) groups excluding carboxylic acids is 2. The molecule has 2 aliphatic heterocycles. The Labute approximate surface area is 276 Å². The molecule has 8 nitrogen and oxygen atoms in total. The number of ether oxygens (including phenoxy) is 3. The summed E-state index contributed by atoms with van der Waals surface area (Å²) in [5, 5.41) is 13.2. The lowest BCUT2D eigenvalue weighted by molar-refractivity contribution is -0.146. The summed E-state index contributed by atoms with van der Waals surface area (Å²) in [6.07, 6.45) is -0.0240. The molecule has 2 heterocycles. The SMILES string of the molecule is COc1ccc(C(=O)Nc2ccc3c(c2)[C@]2(O[C@@H](CCO)[C@H](C(C)(C)c4ccc(OC)cc4)[C@H]2C)C(=O)N3Cc2ccccc2)cc1. The second kappa shape index (κ2) is 12.9. The number of carbonyl (C=O) groups is 2. The van der Waals surface area contributed by atoms with E-state index < -0.39 is 17.1 Å². The Kier molecular flexibility index (Phi) is 8.83. The zero-order valence-corrected chi connectivity index (χ0v) is 27.5. The van der Waals surface area contributed by atoms with E-state index in [0.29, 0.717) is 30.0 Å². The largest absolute Gasteiger partial charge is 0.497 e. The third-order valence-corrected chi connectivity index (χ3v) is 10.0. The Morgan fingerprint density at radius 2 is 1.57 bits per heavy atom. The third-order valence-electron chi connectivity index (χ3n) is 10.0. The highest BCUT2D eigenvalue weighted by molar-refractivity contribution is 6.09. The second-order valence-corrected chi connectivity index (χ2v) is 13.0. The topological polar surface area (TPSA) is 97.3 Å². The van der Waals surface area contributed by atoms with Crippen molar-refractivity contribution in [2.24, 2.45) is 11.8 Å². The molecule has 6 rings (SSSR count). The summed E-state index contributed by atoms with van der Waals surface area (Å²) in [5.74, 6) is 0.603. The normalized spacial score (nSPS) is 22.0. The number of aliphatic hydroxyl groups is 1. The van der Waals surface area contributed by atoms with Gasteiger partial charge in [-0.1, -0.05) is 63.2 Å². The van der Waals surface area contributed by atoms with Gasteiger partial charge in [-0.05, 0) is 77.6 Å². The number of amides is 2. The van der Waals surface area contributed by atoms with E-state index in [-0.39, 0.29) is 30.3 Å². The molecule has 47 heavy (non-hydrogen) atoms. The molecule has 0 saturated carbocycles. The van der Waals surface area contributed by atoms with Crippen molar-refractivity contribution in [3.8, 4) is 11.5 Å². The van der Waals surface area contributed by atoms with Gasteiger partial charge in [0.2, 0.25) is 0 Å². The summed E-state index contributed by atoms with van der Waals surface area (Å²) in [5.41, 5.74) is 2.85. The Balaban J connectivity index is 1.43. The van der Waals surface area contributed by atoms with E-state index >= 15 is 0 Å². The summed E-state index contributed by atoms with van der Waals surface area (Å²) in [6, 6.07) is 30.4. The predicted octanol–water partition coefficient (Wildman–Crippen LogP) is 6.71. The molecule has 2 N–H and O–H groups in total. The van der Waals surface area contributed by atoms with E-state index in [1.54, 1.807) is 43.4 Å². The molecule has 0 aliphatic carbocycles. The fraction of sp³-hybridized carbons (Fsp3) is 0.333. The molecule has 4 aromatic carbocycles. The lowest BCUT2D eigenvalue weighted by Crippen LogP contribution is -2.45. The van der Waals surface area contributed by atoms with Crippen molar-refractivity contribution in [3.63, 3.8) is 0 Å². The molecule has 1 spiro atoms. The quantitative estimate of drug-likeness (QED) is 0.201. The van der Waals surface area contributed by atoms with E-state index in [1.165, 1.54) is 0 Å². The molecule has 0 radical (unpaired) electrons. The average Bonchev–Trinajstić information content (AvgIpc) is 3.51. The molecule has 1 fully saturated rings. The van der Waals surface area contributed by atoms with Gasteiger partial charge in [0.05, 0.1) is 32.6 Å². The van der Waals surface area contributed by atoms with Crippen LogP contribution in [0.3, 0.4) is 0 Å². The van der Waals surface area contributed by atoms with Crippen molar-refractivity contribution < 1.29 is 28.9 Å². The first kappa shape index (κ1) is 32.3. The molecule has 2 amide bonds. The van der Waals surface area contributed by atoms with Crippen LogP contribution in [0.4, 0.5) is 11.4 Å². The molecular weight excluding hydrogens is 592 g/mol. The van der Waals surface area contributed by atoms with Crippen LogP contribution >= 0.6 is 0 Å². The Bertz CT molecular complexity index is 1740. The predicted molar refractivity (Wildman–Crippen MR) is 182 cm³/mol. The smallest absolute Gasteiger partial charge is 0.264 e. The van der Waals surface area contributed by atoms with Crippen LogP contribution in [0.1, 0.15) is 54.2 Å². The van der Waals surface area contributed by atoms with Gasteiger partial charge in [0.15, 0.2) is 5.60 Å². The van der Waals surface area contributed by atoms with Crippen LogP contribution in [0.15, 0.2) is 97.1 Å². The standard InChI is InChI=1S/C39H42N2O6/c1-25-35(38(2,3)28-13-18-31(46-5)19-14-28)34(21-22-42)47-39(25)32-23-29(40-36(43)27-11-16-30(45-4)17-12-27)15-20-33(32)41(37(39)44)24-26-9-7-6-8-10-26/h6-20,23,25,34-35,42H,21-22,24H2,1-5H3,(H,40,43)/t25-,34+,35-,39+/m1/s1. The van der Waals surface area contributed by atoms with E-state index in [4.69, 9.17) is 14.2 Å². The van der Waals surface area contributed by atoms with Crippen LogP contribution in [0.5, 0.6) is 11.5 Å². The molecular formula is C39H42N2O6. The molecule has 0 unspecified atom stereocenters. The fourth-order valence-electron chi connectivity index (χ4n) is 7.66. The number of nitrogens with one attached hydrogen (secondary N) is 1. The molecule has 8 heteroatoms. The number of hydrogen-bond donors (Lipinski definition) is 2. The summed E-state index contributed by atoms with van der Waals surface area (Å²) in [4.78, 5) is 30.0. The summed E-state index contributed by atoms with van der Waals surface area (Å²) in [6.45, 7) is 6.74. The lowest BCUT2D eigenvalue weighted by atomic mass is 9.63. The van der Waals surface area contributed by atoms with Crippen LogP contribution in [0.2, 0.25) is 0 Å². The summed E-state index contributed by atoms with van der Waals surface area (Å²) in [7, 11) is 3.23. The number of nitrogens with zero attached hydrogens (tertiary/aromatic N) is 1. The Morgan fingerprint density at radius 3 is 2.19 bits per heavy atom. The molecule has 0 bridgehead atoms. The van der Waals surface area contributed by atoms with Gasteiger partial charge in [-0.15, -0.1) is 0 Å². The summed E-state index contributed by atoms with van der Waals surface area (Å²) < 4.78 is 17.7. The maximum absolute atomic E-state index is 14.9. The fourth-order valence-corrected chi connectivity index (χ4v) is 7.66. The first-order chi connectivity index (χ1) is 22.6. The number of hydrogen-bond acceptors (Lipinski definition) is 6. The van der Waals surface area contributed by atoms with E-state index in [9.17, 15) is 14.7 Å². The van der Waals surface area contributed by atoms with Gasteiger partial charge in [0.1, 0.15) is 11.5 Å². The maximum atomic E-state index is 14.9. The van der Waals surface area contributed by atoms with Crippen LogP contribution in [0, 0.1) is 11.8 Å². The first-order valence-electron chi connectivity index (χ1n) is 16.0. The molecule has 0 aromatic heterocycles. The molecule has 244 valence electrons. The number of rotatable bonds is 10. The minimum absolute atomic E-state index is 0.0740. The highest BCUT2D eigenvalue weighted by atomic mass is 16.5. The van der Waals surface area contributed by atoms with Gasteiger partial charge >= 0.3 is 0 Å². The zero-order chi connectivity index (χ0) is 33.3. The summed E-state index contributed by atoms with van der Waals surface area (Å²) >= 11 is 0. The van der Waals surface area contributed by atoms with Crippen molar-refractivity contribution >= 4 is 23.2 Å². The van der Waals surface area contributed by atoms with Crippen molar-refractivity contribution in [1.82, 2.24) is 0 Å². The third kappa shape index (κ3) is 5.66. The molecule has 1 saturated heterocycles. The number of methoxy groups -OCH3 is 2. The lowest BCUT2D eigenvalue weighted by Gasteiger charge is -2.38. The minimum Gasteiger partial charge on any atom is -0.497 e. The highest BCUT2D eigenvalue weighted by Crippen LogP contribution is 2.60. The van der Waals surface area contributed by atoms with Crippen molar-refractivity contribution in [1.29, 1.82) is 0 Å². The first-order valence-corrected chi connectivity index (χ1v) is 16.0. The number of aliphatic hydroxyl groups excluding tert-OH is 1. The number of fused-ring (bicyclic) bond motifs is 2. The molecule has 2 aliphatic rings. The monoisotopic (exact) mass is 634 g/mol.